The molecule has 0 bridgehead atoms. The topological polar surface area (TPSA) is 88.7 Å². The van der Waals surface area contributed by atoms with E-state index in [1.165, 1.54) is 23.1 Å². The van der Waals surface area contributed by atoms with Crippen molar-refractivity contribution in [3.05, 3.63) is 124 Å². The predicted molar refractivity (Wildman–Crippen MR) is 145 cm³/mol. The van der Waals surface area contributed by atoms with Crippen molar-refractivity contribution < 1.29 is 14.5 Å². The van der Waals surface area contributed by atoms with Crippen molar-refractivity contribution in [2.45, 2.75) is 25.8 Å². The van der Waals surface area contributed by atoms with Gasteiger partial charge in [-0.1, -0.05) is 61.9 Å². The molecule has 38 heavy (non-hydrogen) atoms. The van der Waals surface area contributed by atoms with E-state index in [1.807, 2.05) is 79.9 Å². The molecular formula is C30H28N4O4. The molecule has 192 valence electrons. The Morgan fingerprint density at radius 1 is 0.921 bits per heavy atom. The van der Waals surface area contributed by atoms with Crippen molar-refractivity contribution in [3.63, 3.8) is 0 Å². The summed E-state index contributed by atoms with van der Waals surface area (Å²) in [6.45, 7) is 2.23. The van der Waals surface area contributed by atoms with Gasteiger partial charge in [-0.2, -0.15) is 0 Å². The highest BCUT2D eigenvalue weighted by atomic mass is 16.6. The molecule has 8 nitrogen and oxygen atoms in total. The van der Waals surface area contributed by atoms with E-state index in [9.17, 15) is 19.7 Å². The number of benzene rings is 3. The van der Waals surface area contributed by atoms with Crippen LogP contribution in [0.25, 0.3) is 5.69 Å². The summed E-state index contributed by atoms with van der Waals surface area (Å²) >= 11 is 0. The Bertz CT molecular complexity index is 1480. The number of fused-ring (bicyclic) bond motifs is 3. The molecule has 1 atom stereocenters. The van der Waals surface area contributed by atoms with Crippen LogP contribution in [-0.4, -0.2) is 39.3 Å². The number of aromatic nitrogens is 1. The van der Waals surface area contributed by atoms with Gasteiger partial charge in [-0.3, -0.25) is 24.6 Å². The third-order valence-electron chi connectivity index (χ3n) is 6.80. The van der Waals surface area contributed by atoms with Crippen LogP contribution in [0.4, 0.5) is 11.4 Å². The second-order valence-corrected chi connectivity index (χ2v) is 9.26. The zero-order valence-corrected chi connectivity index (χ0v) is 21.1. The van der Waals surface area contributed by atoms with Gasteiger partial charge in [0, 0.05) is 30.4 Å². The average Bonchev–Trinajstić information content (AvgIpc) is 3.44. The van der Waals surface area contributed by atoms with Crippen molar-refractivity contribution in [1.29, 1.82) is 0 Å². The van der Waals surface area contributed by atoms with Gasteiger partial charge in [-0.15, -0.1) is 0 Å². The highest BCUT2D eigenvalue weighted by Crippen LogP contribution is 2.42. The molecule has 1 unspecified atom stereocenters. The Hall–Kier alpha value is -4.72. The number of hydrogen-bond donors (Lipinski definition) is 0. The van der Waals surface area contributed by atoms with Gasteiger partial charge < -0.3 is 9.47 Å². The molecule has 0 spiro atoms. The van der Waals surface area contributed by atoms with Gasteiger partial charge in [0.05, 0.1) is 22.0 Å². The van der Waals surface area contributed by atoms with Gasteiger partial charge in [0.25, 0.3) is 11.6 Å². The lowest BCUT2D eigenvalue weighted by Crippen LogP contribution is -2.47. The molecule has 4 aromatic rings. The van der Waals surface area contributed by atoms with Crippen LogP contribution in [0.3, 0.4) is 0 Å². The fraction of sp³-hybridized carbons (Fsp3) is 0.200. The first-order valence-corrected chi connectivity index (χ1v) is 12.7. The summed E-state index contributed by atoms with van der Waals surface area (Å²) in [5.74, 6) is -0.630. The van der Waals surface area contributed by atoms with Crippen molar-refractivity contribution in [2.24, 2.45) is 0 Å². The number of anilines is 1. The molecular weight excluding hydrogens is 480 g/mol. The van der Waals surface area contributed by atoms with E-state index < -0.39 is 10.8 Å². The van der Waals surface area contributed by atoms with Crippen LogP contribution in [0.1, 0.15) is 47.4 Å². The summed E-state index contributed by atoms with van der Waals surface area (Å²) in [6, 6.07) is 26.8. The van der Waals surface area contributed by atoms with E-state index in [0.717, 1.165) is 29.1 Å². The third-order valence-corrected chi connectivity index (χ3v) is 6.80. The second-order valence-electron chi connectivity index (χ2n) is 9.26. The molecule has 0 aliphatic carbocycles. The molecule has 1 aliphatic heterocycles. The number of unbranched alkanes of at least 4 members (excludes halogenated alkanes) is 1. The Morgan fingerprint density at radius 2 is 1.66 bits per heavy atom. The minimum atomic E-state index is -0.525. The molecule has 2 heterocycles. The Morgan fingerprint density at radius 3 is 2.39 bits per heavy atom. The van der Waals surface area contributed by atoms with Gasteiger partial charge in [0.15, 0.2) is 0 Å². The summed E-state index contributed by atoms with van der Waals surface area (Å²) in [5, 5.41) is 11.3. The number of nitro groups is 1. The van der Waals surface area contributed by atoms with Crippen LogP contribution < -0.4 is 4.90 Å². The summed E-state index contributed by atoms with van der Waals surface area (Å²) in [7, 11) is 0. The maximum Gasteiger partial charge on any atom is 0.270 e. The monoisotopic (exact) mass is 508 g/mol. The molecule has 3 aromatic carbocycles. The van der Waals surface area contributed by atoms with Crippen LogP contribution in [0, 0.1) is 10.1 Å². The molecule has 1 aliphatic rings. The van der Waals surface area contributed by atoms with Gasteiger partial charge in [-0.25, -0.2) is 0 Å². The summed E-state index contributed by atoms with van der Waals surface area (Å²) < 4.78 is 2.10. The zero-order valence-electron chi connectivity index (χ0n) is 21.1. The number of para-hydroxylation sites is 2. The van der Waals surface area contributed by atoms with E-state index in [1.54, 1.807) is 11.0 Å². The largest absolute Gasteiger partial charge is 0.329 e. The first-order chi connectivity index (χ1) is 18.5. The lowest BCUT2D eigenvalue weighted by Gasteiger charge is -2.39. The molecule has 8 heteroatoms. The summed E-state index contributed by atoms with van der Waals surface area (Å²) in [4.78, 5) is 41.7. The maximum absolute atomic E-state index is 14.2. The fourth-order valence-electron chi connectivity index (χ4n) is 4.99. The van der Waals surface area contributed by atoms with E-state index >= 15 is 0 Å². The molecule has 0 radical (unpaired) electrons. The Kier molecular flexibility index (Phi) is 7.04. The molecule has 0 N–H and O–H groups in total. The van der Waals surface area contributed by atoms with Crippen LogP contribution in [0.2, 0.25) is 0 Å². The van der Waals surface area contributed by atoms with Crippen molar-refractivity contribution >= 4 is 23.2 Å². The molecule has 0 fully saturated rings. The van der Waals surface area contributed by atoms with Crippen molar-refractivity contribution in [3.8, 4) is 5.69 Å². The molecule has 0 saturated carbocycles. The number of non-ortho nitro benzene ring substituents is 1. The number of hydrogen-bond acceptors (Lipinski definition) is 4. The van der Waals surface area contributed by atoms with E-state index in [2.05, 4.69) is 4.57 Å². The first kappa shape index (κ1) is 25.0. The average molecular weight is 509 g/mol. The van der Waals surface area contributed by atoms with Crippen LogP contribution in [0.5, 0.6) is 0 Å². The molecule has 1 aromatic heterocycles. The van der Waals surface area contributed by atoms with E-state index in [-0.39, 0.29) is 29.7 Å². The molecule has 5 rings (SSSR count). The Balaban J connectivity index is 1.53. The lowest BCUT2D eigenvalue weighted by molar-refractivity contribution is -0.384. The van der Waals surface area contributed by atoms with Gasteiger partial charge in [0.2, 0.25) is 5.91 Å². The lowest BCUT2D eigenvalue weighted by atomic mass is 9.97. The third kappa shape index (κ3) is 4.68. The predicted octanol–water partition coefficient (Wildman–Crippen LogP) is 5.76. The van der Waals surface area contributed by atoms with Crippen LogP contribution in [0.15, 0.2) is 97.2 Å². The molecule has 2 amide bonds. The van der Waals surface area contributed by atoms with Gasteiger partial charge in [-0.05, 0) is 42.3 Å². The number of nitro benzene ring substituents is 1. The van der Waals surface area contributed by atoms with Gasteiger partial charge >= 0.3 is 0 Å². The summed E-state index contributed by atoms with van der Waals surface area (Å²) in [5.41, 5.74) is 3.59. The van der Waals surface area contributed by atoms with Crippen molar-refractivity contribution in [2.75, 3.05) is 18.0 Å². The van der Waals surface area contributed by atoms with Crippen LogP contribution >= 0.6 is 0 Å². The van der Waals surface area contributed by atoms with Gasteiger partial charge in [0.1, 0.15) is 12.6 Å². The summed E-state index contributed by atoms with van der Waals surface area (Å²) in [6.07, 6.45) is 3.53. The van der Waals surface area contributed by atoms with Crippen molar-refractivity contribution in [1.82, 2.24) is 9.47 Å². The maximum atomic E-state index is 14.2. The number of carbonyl (C=O) groups is 2. The fourth-order valence-corrected chi connectivity index (χ4v) is 4.99. The second kappa shape index (κ2) is 10.7. The Labute approximate surface area is 220 Å². The van der Waals surface area contributed by atoms with E-state index in [4.69, 9.17) is 0 Å². The van der Waals surface area contributed by atoms with E-state index in [0.29, 0.717) is 13.0 Å². The first-order valence-electron chi connectivity index (χ1n) is 12.7. The highest BCUT2D eigenvalue weighted by Gasteiger charge is 2.37. The smallest absolute Gasteiger partial charge is 0.270 e. The quantitative estimate of drug-likeness (QED) is 0.223. The number of carbonyl (C=O) groups excluding carboxylic acids is 2. The minimum absolute atomic E-state index is 0.153. The number of amides is 2. The number of nitrogens with zero attached hydrogens (tertiary/aromatic N) is 4. The SMILES string of the molecule is CCCCN(CC(=O)N1c2ccccc2-n2cccc2C1c1ccccc1)C(=O)c1cccc([N+](=O)[O-])c1. The molecule has 0 saturated heterocycles. The normalized spacial score (nSPS) is 13.9. The van der Waals surface area contributed by atoms with Crippen LogP contribution in [-0.2, 0) is 4.79 Å². The minimum Gasteiger partial charge on any atom is -0.329 e. The number of rotatable bonds is 8. The standard InChI is InChI=1S/C30H28N4O4/c1-2-3-18-31(30(36)23-13-9-14-24(20-23)34(37)38)21-28(35)33-26-16-8-7-15-25(26)32-19-10-17-27(32)29(33)22-11-5-4-6-12-22/h4-17,19-20,29H,2-3,18,21H2,1H3. The highest BCUT2D eigenvalue weighted by molar-refractivity contribution is 6.02. The zero-order chi connectivity index (χ0) is 26.6.